The molecule has 0 aliphatic rings. The van der Waals surface area contributed by atoms with Gasteiger partial charge >= 0.3 is 5.69 Å². The summed E-state index contributed by atoms with van der Waals surface area (Å²) in [4.78, 5) is 18.1. The second kappa shape index (κ2) is 2.70. The molecule has 0 radical (unpaired) electrons. The first-order valence-corrected chi connectivity index (χ1v) is 4.36. The maximum atomic E-state index is 10.8. The molecule has 0 amide bonds. The van der Waals surface area contributed by atoms with Gasteiger partial charge in [0.25, 0.3) is 0 Å². The molecule has 2 aromatic rings. The highest BCUT2D eigenvalue weighted by Gasteiger charge is 2.10. The Hall–Kier alpha value is -1.63. The summed E-state index contributed by atoms with van der Waals surface area (Å²) in [6, 6.07) is 0. The van der Waals surface area contributed by atoms with Gasteiger partial charge in [-0.25, -0.2) is 14.9 Å². The standard InChI is InChI=1S/C6H7N5OS/c1-2-3(13-5(7)8-2)4-9-6(12)11-10-4/h1H3,(H2,7,8)(H2,9,10,11,12). The molecular weight excluding hydrogens is 190 g/mol. The van der Waals surface area contributed by atoms with Crippen LogP contribution in [-0.2, 0) is 0 Å². The first kappa shape index (κ1) is 7.99. The number of aromatic nitrogens is 4. The van der Waals surface area contributed by atoms with E-state index < -0.39 is 0 Å². The van der Waals surface area contributed by atoms with E-state index in [0.29, 0.717) is 11.0 Å². The van der Waals surface area contributed by atoms with Crippen molar-refractivity contribution in [1.29, 1.82) is 0 Å². The minimum absolute atomic E-state index is 0.332. The second-order valence-corrected chi connectivity index (χ2v) is 3.52. The molecule has 0 unspecified atom stereocenters. The minimum Gasteiger partial charge on any atom is -0.375 e. The number of thiazole rings is 1. The number of aromatic amines is 2. The Morgan fingerprint density at radius 1 is 1.54 bits per heavy atom. The summed E-state index contributed by atoms with van der Waals surface area (Å²) in [5.41, 5.74) is 5.94. The van der Waals surface area contributed by atoms with Gasteiger partial charge in [0.15, 0.2) is 11.0 Å². The number of nitrogens with zero attached hydrogens (tertiary/aromatic N) is 2. The molecule has 0 fully saturated rings. The molecule has 0 bridgehead atoms. The molecule has 7 heteroatoms. The van der Waals surface area contributed by atoms with Crippen molar-refractivity contribution in [2.75, 3.05) is 5.73 Å². The molecule has 2 rings (SSSR count). The lowest BCUT2D eigenvalue weighted by Crippen LogP contribution is -2.00. The third-order valence-corrected chi connectivity index (χ3v) is 2.52. The molecule has 13 heavy (non-hydrogen) atoms. The van der Waals surface area contributed by atoms with Gasteiger partial charge in [-0.05, 0) is 6.92 Å². The Morgan fingerprint density at radius 3 is 2.77 bits per heavy atom. The predicted molar refractivity (Wildman–Crippen MR) is 49.5 cm³/mol. The Labute approximate surface area is 76.8 Å². The third-order valence-electron chi connectivity index (χ3n) is 1.53. The highest BCUT2D eigenvalue weighted by molar-refractivity contribution is 7.18. The fourth-order valence-corrected chi connectivity index (χ4v) is 1.79. The lowest BCUT2D eigenvalue weighted by molar-refractivity contribution is 1.05. The van der Waals surface area contributed by atoms with E-state index in [2.05, 4.69) is 20.2 Å². The van der Waals surface area contributed by atoms with Crippen LogP contribution in [0.3, 0.4) is 0 Å². The second-order valence-electron chi connectivity index (χ2n) is 2.49. The van der Waals surface area contributed by atoms with E-state index in [0.717, 1.165) is 10.6 Å². The van der Waals surface area contributed by atoms with Crippen molar-refractivity contribution in [3.8, 4) is 10.7 Å². The van der Waals surface area contributed by atoms with Crippen molar-refractivity contribution in [2.45, 2.75) is 6.92 Å². The Kier molecular flexibility index (Phi) is 1.66. The zero-order valence-electron chi connectivity index (χ0n) is 6.79. The summed E-state index contributed by atoms with van der Waals surface area (Å²) in [6.45, 7) is 1.81. The number of rotatable bonds is 1. The van der Waals surface area contributed by atoms with Crippen LogP contribution >= 0.6 is 11.3 Å². The van der Waals surface area contributed by atoms with Crippen LogP contribution in [0.25, 0.3) is 10.7 Å². The van der Waals surface area contributed by atoms with Gasteiger partial charge in [0.1, 0.15) is 0 Å². The van der Waals surface area contributed by atoms with Crippen LogP contribution in [-0.4, -0.2) is 20.2 Å². The van der Waals surface area contributed by atoms with Crippen molar-refractivity contribution in [3.05, 3.63) is 16.2 Å². The Bertz CT molecular complexity index is 481. The number of hydrogen-bond donors (Lipinski definition) is 3. The summed E-state index contributed by atoms with van der Waals surface area (Å²) < 4.78 is 0. The van der Waals surface area contributed by atoms with Crippen molar-refractivity contribution in [3.63, 3.8) is 0 Å². The van der Waals surface area contributed by atoms with Crippen LogP contribution in [0.2, 0.25) is 0 Å². The molecule has 0 aliphatic carbocycles. The average molecular weight is 197 g/mol. The molecule has 0 spiro atoms. The van der Waals surface area contributed by atoms with Gasteiger partial charge in [0, 0.05) is 0 Å². The molecule has 0 saturated carbocycles. The Balaban J connectivity index is 2.57. The summed E-state index contributed by atoms with van der Waals surface area (Å²) in [5.74, 6) is 0.483. The highest BCUT2D eigenvalue weighted by atomic mass is 32.1. The number of aryl methyl sites for hydroxylation is 1. The molecule has 4 N–H and O–H groups in total. The quantitative estimate of drug-likeness (QED) is 0.604. The number of nitrogens with one attached hydrogen (secondary N) is 2. The number of anilines is 1. The normalized spacial score (nSPS) is 10.5. The van der Waals surface area contributed by atoms with E-state index >= 15 is 0 Å². The summed E-state index contributed by atoms with van der Waals surface area (Å²) in [6.07, 6.45) is 0. The zero-order chi connectivity index (χ0) is 9.42. The van der Waals surface area contributed by atoms with Crippen molar-refractivity contribution < 1.29 is 0 Å². The van der Waals surface area contributed by atoms with Crippen LogP contribution in [0.4, 0.5) is 5.13 Å². The molecular formula is C6H7N5OS. The lowest BCUT2D eigenvalue weighted by Gasteiger charge is -1.87. The third kappa shape index (κ3) is 1.33. The molecule has 0 aliphatic heterocycles. The molecule has 0 saturated heterocycles. The first-order valence-electron chi connectivity index (χ1n) is 3.55. The molecule has 68 valence electrons. The molecule has 6 nitrogen and oxygen atoms in total. The number of nitrogens with two attached hydrogens (primary N) is 1. The van der Waals surface area contributed by atoms with Gasteiger partial charge in [-0.3, -0.25) is 4.98 Å². The molecule has 0 aromatic carbocycles. The number of nitrogen functional groups attached to an aromatic ring is 1. The molecule has 0 atom stereocenters. The summed E-state index contributed by atoms with van der Waals surface area (Å²) >= 11 is 1.29. The van der Waals surface area contributed by atoms with E-state index in [-0.39, 0.29) is 5.69 Å². The molecule has 2 heterocycles. The van der Waals surface area contributed by atoms with Crippen LogP contribution < -0.4 is 11.4 Å². The van der Waals surface area contributed by atoms with Crippen LogP contribution in [0.5, 0.6) is 0 Å². The SMILES string of the molecule is Cc1nc(N)sc1-c1n[nH]c(=O)[nH]1. The fraction of sp³-hybridized carbons (Fsp3) is 0.167. The van der Waals surface area contributed by atoms with Crippen LogP contribution in [0, 0.1) is 6.92 Å². The van der Waals surface area contributed by atoms with Crippen LogP contribution in [0.1, 0.15) is 5.69 Å². The largest absolute Gasteiger partial charge is 0.375 e. The van der Waals surface area contributed by atoms with Crippen LogP contribution in [0.15, 0.2) is 4.79 Å². The van der Waals surface area contributed by atoms with Crippen molar-refractivity contribution >= 4 is 16.5 Å². The predicted octanol–water partition coefficient (Wildman–Crippen LogP) is 0.112. The summed E-state index contributed by atoms with van der Waals surface area (Å²) in [7, 11) is 0. The fourth-order valence-electron chi connectivity index (χ4n) is 1.01. The maximum Gasteiger partial charge on any atom is 0.340 e. The van der Waals surface area contributed by atoms with Gasteiger partial charge in [-0.2, -0.15) is 5.10 Å². The smallest absolute Gasteiger partial charge is 0.340 e. The van der Waals surface area contributed by atoms with E-state index in [4.69, 9.17) is 5.73 Å². The van der Waals surface area contributed by atoms with Gasteiger partial charge in [0.2, 0.25) is 0 Å². The van der Waals surface area contributed by atoms with E-state index in [1.165, 1.54) is 11.3 Å². The minimum atomic E-state index is -0.332. The molecule has 2 aromatic heterocycles. The number of hydrogen-bond acceptors (Lipinski definition) is 5. The topological polar surface area (TPSA) is 100 Å². The average Bonchev–Trinajstić information content (AvgIpc) is 2.58. The van der Waals surface area contributed by atoms with E-state index in [1.807, 2.05) is 6.92 Å². The maximum absolute atomic E-state index is 10.8. The van der Waals surface area contributed by atoms with Gasteiger partial charge in [0.05, 0.1) is 10.6 Å². The van der Waals surface area contributed by atoms with Crippen molar-refractivity contribution in [2.24, 2.45) is 0 Å². The Morgan fingerprint density at radius 2 is 2.31 bits per heavy atom. The zero-order valence-corrected chi connectivity index (χ0v) is 7.60. The lowest BCUT2D eigenvalue weighted by atomic mass is 10.4. The van der Waals surface area contributed by atoms with Gasteiger partial charge in [-0.1, -0.05) is 11.3 Å². The monoisotopic (exact) mass is 197 g/mol. The van der Waals surface area contributed by atoms with E-state index in [9.17, 15) is 4.79 Å². The summed E-state index contributed by atoms with van der Waals surface area (Å²) in [5, 5.41) is 6.53. The van der Waals surface area contributed by atoms with Gasteiger partial charge < -0.3 is 5.73 Å². The highest BCUT2D eigenvalue weighted by Crippen LogP contribution is 2.27. The van der Waals surface area contributed by atoms with Gasteiger partial charge in [-0.15, -0.1) is 0 Å². The first-order chi connectivity index (χ1) is 6.16. The van der Waals surface area contributed by atoms with Crippen molar-refractivity contribution in [1.82, 2.24) is 20.2 Å². The number of H-pyrrole nitrogens is 2. The van der Waals surface area contributed by atoms with E-state index in [1.54, 1.807) is 0 Å².